The Morgan fingerprint density at radius 2 is 2.06 bits per heavy atom. The molecule has 2 heteroatoms. The van der Waals surface area contributed by atoms with Gasteiger partial charge in [-0.1, -0.05) is 38.0 Å². The normalized spacial score (nSPS) is 20.2. The zero-order valence-electron chi connectivity index (χ0n) is 9.88. The summed E-state index contributed by atoms with van der Waals surface area (Å²) < 4.78 is 13.9. The third kappa shape index (κ3) is 1.75. The fraction of sp³-hybridized carbons (Fsp3) is 0.571. The Bertz CT molecular complexity index is 358. The topological polar surface area (TPSA) is 26.0 Å². The number of hydrogen-bond donors (Lipinski definition) is 1. The van der Waals surface area contributed by atoms with Crippen molar-refractivity contribution in [1.29, 1.82) is 0 Å². The summed E-state index contributed by atoms with van der Waals surface area (Å²) in [7, 11) is 0. The highest BCUT2D eigenvalue weighted by Crippen LogP contribution is 2.47. The number of nitrogens with two attached hydrogens (primary N) is 1. The molecule has 2 N–H and O–H groups in total. The minimum absolute atomic E-state index is 0.0820. The van der Waals surface area contributed by atoms with Crippen LogP contribution in [-0.4, -0.2) is 6.04 Å². The van der Waals surface area contributed by atoms with Crippen molar-refractivity contribution in [2.75, 3.05) is 0 Å². The Balaban J connectivity index is 2.31. The van der Waals surface area contributed by atoms with Crippen molar-refractivity contribution in [2.45, 2.75) is 50.5 Å². The lowest BCUT2D eigenvalue weighted by Crippen LogP contribution is -2.50. The van der Waals surface area contributed by atoms with Crippen molar-refractivity contribution in [3.8, 4) is 0 Å². The SMILES string of the molecule is CCCC(N)C1(c2ccccc2F)CCC1. The molecule has 1 aromatic carbocycles. The molecule has 1 aromatic rings. The largest absolute Gasteiger partial charge is 0.327 e. The van der Waals surface area contributed by atoms with Gasteiger partial charge in [0.2, 0.25) is 0 Å². The van der Waals surface area contributed by atoms with Crippen LogP contribution in [0.25, 0.3) is 0 Å². The molecule has 1 saturated carbocycles. The van der Waals surface area contributed by atoms with Crippen LogP contribution in [-0.2, 0) is 5.41 Å². The van der Waals surface area contributed by atoms with Gasteiger partial charge in [0, 0.05) is 11.5 Å². The molecule has 2 rings (SSSR count). The minimum Gasteiger partial charge on any atom is -0.327 e. The van der Waals surface area contributed by atoms with Gasteiger partial charge in [-0.3, -0.25) is 0 Å². The first-order chi connectivity index (χ1) is 7.70. The molecule has 0 aromatic heterocycles. The molecule has 1 nitrogen and oxygen atoms in total. The van der Waals surface area contributed by atoms with E-state index in [1.807, 2.05) is 12.1 Å². The van der Waals surface area contributed by atoms with Crippen LogP contribution in [0, 0.1) is 5.82 Å². The van der Waals surface area contributed by atoms with Crippen LogP contribution in [0.2, 0.25) is 0 Å². The Morgan fingerprint density at radius 3 is 2.56 bits per heavy atom. The van der Waals surface area contributed by atoms with Gasteiger partial charge in [-0.05, 0) is 30.9 Å². The standard InChI is InChI=1S/C14H20FN/c1-2-6-13(16)14(9-5-10-14)11-7-3-4-8-12(11)15/h3-4,7-8,13H,2,5-6,9-10,16H2,1H3. The van der Waals surface area contributed by atoms with E-state index in [0.717, 1.165) is 31.2 Å². The van der Waals surface area contributed by atoms with Gasteiger partial charge in [0.1, 0.15) is 5.82 Å². The van der Waals surface area contributed by atoms with Crippen LogP contribution in [0.3, 0.4) is 0 Å². The van der Waals surface area contributed by atoms with Gasteiger partial charge in [-0.2, -0.15) is 0 Å². The molecule has 1 fully saturated rings. The number of rotatable bonds is 4. The van der Waals surface area contributed by atoms with E-state index in [2.05, 4.69) is 6.92 Å². The van der Waals surface area contributed by atoms with Crippen molar-refractivity contribution in [3.63, 3.8) is 0 Å². The average Bonchev–Trinajstić information content (AvgIpc) is 2.19. The number of halogens is 1. The van der Waals surface area contributed by atoms with Crippen molar-refractivity contribution in [1.82, 2.24) is 0 Å². The Hall–Kier alpha value is -0.890. The third-order valence-corrected chi connectivity index (χ3v) is 3.97. The second-order valence-corrected chi connectivity index (χ2v) is 4.88. The number of hydrogen-bond acceptors (Lipinski definition) is 1. The number of benzene rings is 1. The third-order valence-electron chi connectivity index (χ3n) is 3.97. The first kappa shape index (κ1) is 11.6. The van der Waals surface area contributed by atoms with E-state index in [1.54, 1.807) is 12.1 Å². The monoisotopic (exact) mass is 221 g/mol. The van der Waals surface area contributed by atoms with Gasteiger partial charge >= 0.3 is 0 Å². The zero-order valence-corrected chi connectivity index (χ0v) is 9.88. The Morgan fingerprint density at radius 1 is 1.38 bits per heavy atom. The molecule has 0 radical (unpaired) electrons. The van der Waals surface area contributed by atoms with Crippen molar-refractivity contribution in [3.05, 3.63) is 35.6 Å². The molecular weight excluding hydrogens is 201 g/mol. The summed E-state index contributed by atoms with van der Waals surface area (Å²) in [5, 5.41) is 0. The van der Waals surface area contributed by atoms with E-state index in [-0.39, 0.29) is 17.3 Å². The molecule has 16 heavy (non-hydrogen) atoms. The van der Waals surface area contributed by atoms with Crippen molar-refractivity contribution >= 4 is 0 Å². The quantitative estimate of drug-likeness (QED) is 0.828. The Labute approximate surface area is 96.9 Å². The molecule has 0 heterocycles. The highest BCUT2D eigenvalue weighted by atomic mass is 19.1. The Kier molecular flexibility index (Phi) is 3.29. The van der Waals surface area contributed by atoms with Crippen LogP contribution >= 0.6 is 0 Å². The van der Waals surface area contributed by atoms with E-state index in [1.165, 1.54) is 6.42 Å². The summed E-state index contributed by atoms with van der Waals surface area (Å²) in [5.74, 6) is -0.0891. The molecule has 1 atom stereocenters. The first-order valence-corrected chi connectivity index (χ1v) is 6.21. The highest BCUT2D eigenvalue weighted by Gasteiger charge is 2.44. The van der Waals surface area contributed by atoms with Gasteiger partial charge in [0.15, 0.2) is 0 Å². The molecule has 0 saturated heterocycles. The van der Waals surface area contributed by atoms with Crippen LogP contribution in [0.15, 0.2) is 24.3 Å². The zero-order chi connectivity index (χ0) is 11.6. The molecule has 0 amide bonds. The molecule has 0 aliphatic heterocycles. The van der Waals surface area contributed by atoms with Gasteiger partial charge in [-0.25, -0.2) is 4.39 Å². The van der Waals surface area contributed by atoms with Crippen molar-refractivity contribution < 1.29 is 4.39 Å². The van der Waals surface area contributed by atoms with E-state index in [9.17, 15) is 4.39 Å². The lowest BCUT2D eigenvalue weighted by atomic mass is 9.59. The maximum Gasteiger partial charge on any atom is 0.127 e. The summed E-state index contributed by atoms with van der Waals surface area (Å²) in [6.45, 7) is 2.13. The predicted molar refractivity (Wildman–Crippen MR) is 64.8 cm³/mol. The summed E-state index contributed by atoms with van der Waals surface area (Å²) in [5.41, 5.74) is 7.01. The van der Waals surface area contributed by atoms with Crippen LogP contribution in [0.5, 0.6) is 0 Å². The lowest BCUT2D eigenvalue weighted by molar-refractivity contribution is 0.181. The van der Waals surface area contributed by atoms with Crippen LogP contribution < -0.4 is 5.73 Å². The van der Waals surface area contributed by atoms with Gasteiger partial charge < -0.3 is 5.73 Å². The van der Waals surface area contributed by atoms with Crippen molar-refractivity contribution in [2.24, 2.45) is 5.73 Å². The van der Waals surface area contributed by atoms with E-state index < -0.39 is 0 Å². The summed E-state index contributed by atoms with van der Waals surface area (Å²) in [6, 6.07) is 7.22. The highest BCUT2D eigenvalue weighted by molar-refractivity contribution is 5.31. The molecule has 1 aliphatic carbocycles. The van der Waals surface area contributed by atoms with E-state index in [0.29, 0.717) is 0 Å². The van der Waals surface area contributed by atoms with Gasteiger partial charge in [0.05, 0.1) is 0 Å². The van der Waals surface area contributed by atoms with Gasteiger partial charge in [0.25, 0.3) is 0 Å². The van der Waals surface area contributed by atoms with E-state index in [4.69, 9.17) is 5.73 Å². The maximum absolute atomic E-state index is 13.9. The lowest BCUT2D eigenvalue weighted by Gasteiger charge is -2.47. The summed E-state index contributed by atoms with van der Waals surface area (Å²) in [6.07, 6.45) is 5.29. The molecule has 0 bridgehead atoms. The second-order valence-electron chi connectivity index (χ2n) is 4.88. The average molecular weight is 221 g/mol. The smallest absolute Gasteiger partial charge is 0.127 e. The molecule has 88 valence electrons. The minimum atomic E-state index is -0.0891. The van der Waals surface area contributed by atoms with Crippen LogP contribution in [0.1, 0.15) is 44.6 Å². The fourth-order valence-corrected chi connectivity index (χ4v) is 2.85. The molecular formula is C14H20FN. The fourth-order valence-electron chi connectivity index (χ4n) is 2.85. The maximum atomic E-state index is 13.9. The predicted octanol–water partition coefficient (Wildman–Crippen LogP) is 3.37. The molecule has 1 aliphatic rings. The molecule has 1 unspecified atom stereocenters. The van der Waals surface area contributed by atoms with Gasteiger partial charge in [-0.15, -0.1) is 0 Å². The van der Waals surface area contributed by atoms with Crippen LogP contribution in [0.4, 0.5) is 4.39 Å². The second kappa shape index (κ2) is 4.54. The first-order valence-electron chi connectivity index (χ1n) is 6.21. The molecule has 0 spiro atoms. The summed E-state index contributed by atoms with van der Waals surface area (Å²) >= 11 is 0. The van der Waals surface area contributed by atoms with E-state index >= 15 is 0 Å². The summed E-state index contributed by atoms with van der Waals surface area (Å²) in [4.78, 5) is 0.